The minimum atomic E-state index is -0.391. The van der Waals surface area contributed by atoms with Crippen LogP contribution in [-0.2, 0) is 0 Å². The largest absolute Gasteiger partial charge is 0.351 e. The maximum Gasteiger partial charge on any atom is 0.291 e. The Morgan fingerprint density at radius 1 is 1.65 bits per heavy atom. The molecule has 2 rings (SSSR count). The van der Waals surface area contributed by atoms with Crippen molar-refractivity contribution in [3.63, 3.8) is 0 Å². The van der Waals surface area contributed by atoms with Crippen molar-refractivity contribution in [3.8, 4) is 0 Å². The normalized spacial score (nSPS) is 18.2. The lowest BCUT2D eigenvalue weighted by Crippen LogP contribution is -2.38. The average molecular weight is 343 g/mol. The second-order valence-corrected chi connectivity index (χ2v) is 5.80. The van der Waals surface area contributed by atoms with Crippen molar-refractivity contribution < 1.29 is 4.92 Å². The van der Waals surface area contributed by atoms with Gasteiger partial charge in [0.15, 0.2) is 0 Å². The lowest BCUT2D eigenvalue weighted by molar-refractivity contribution is -0.385. The van der Waals surface area contributed by atoms with Crippen LogP contribution in [0.5, 0.6) is 0 Å². The Labute approximate surface area is 126 Å². The molecule has 1 aromatic heterocycles. The predicted molar refractivity (Wildman–Crippen MR) is 82.2 cm³/mol. The number of hydrogen-bond acceptors (Lipinski definition) is 5. The topological polar surface area (TPSA) is 71.3 Å². The number of pyridine rings is 1. The molecule has 0 aromatic carbocycles. The molecule has 0 spiro atoms. The standard InChI is InChI=1S/C13H19BrN4O2/c1-3-6-17(10-4-5-15-7-10)13-12(14)9(2)11(8-16-13)18(19)20/h8,10,15H,3-7H2,1-2H3. The minimum absolute atomic E-state index is 0.0571. The molecule has 1 fully saturated rings. The minimum Gasteiger partial charge on any atom is -0.351 e. The van der Waals surface area contributed by atoms with Crippen molar-refractivity contribution in [2.75, 3.05) is 24.5 Å². The fourth-order valence-corrected chi connectivity index (χ4v) is 3.08. The van der Waals surface area contributed by atoms with Gasteiger partial charge in [-0.1, -0.05) is 6.92 Å². The van der Waals surface area contributed by atoms with E-state index in [0.717, 1.165) is 42.8 Å². The number of nitro groups is 1. The smallest absolute Gasteiger partial charge is 0.291 e. The van der Waals surface area contributed by atoms with Gasteiger partial charge in [0.25, 0.3) is 5.69 Å². The molecule has 1 aliphatic heterocycles. The van der Waals surface area contributed by atoms with Crippen LogP contribution < -0.4 is 10.2 Å². The van der Waals surface area contributed by atoms with Gasteiger partial charge in [0.2, 0.25) is 0 Å². The molecule has 0 amide bonds. The Bertz CT molecular complexity index is 503. The zero-order valence-corrected chi connectivity index (χ0v) is 13.3. The number of halogens is 1. The van der Waals surface area contributed by atoms with Crippen LogP contribution in [0.3, 0.4) is 0 Å². The summed E-state index contributed by atoms with van der Waals surface area (Å²) in [5.41, 5.74) is 0.689. The van der Waals surface area contributed by atoms with E-state index in [2.05, 4.69) is 38.1 Å². The van der Waals surface area contributed by atoms with Gasteiger partial charge in [-0.05, 0) is 42.2 Å². The molecular formula is C13H19BrN4O2. The number of aromatic nitrogens is 1. The molecule has 20 heavy (non-hydrogen) atoms. The Morgan fingerprint density at radius 3 is 2.95 bits per heavy atom. The Hall–Kier alpha value is -1.21. The molecule has 0 saturated carbocycles. The number of nitrogens with zero attached hydrogens (tertiary/aromatic N) is 3. The zero-order valence-electron chi connectivity index (χ0n) is 11.7. The van der Waals surface area contributed by atoms with Crippen LogP contribution in [0.4, 0.5) is 11.5 Å². The molecule has 1 aromatic rings. The van der Waals surface area contributed by atoms with Gasteiger partial charge in [0.05, 0.1) is 9.40 Å². The first kappa shape index (κ1) is 15.2. The van der Waals surface area contributed by atoms with Crippen LogP contribution in [-0.4, -0.2) is 35.6 Å². The summed E-state index contributed by atoms with van der Waals surface area (Å²) in [7, 11) is 0. The monoisotopic (exact) mass is 342 g/mol. The van der Waals surface area contributed by atoms with Gasteiger partial charge in [-0.25, -0.2) is 4.98 Å². The third-order valence-electron chi connectivity index (χ3n) is 3.63. The highest BCUT2D eigenvalue weighted by atomic mass is 79.9. The van der Waals surface area contributed by atoms with Crippen molar-refractivity contribution in [1.29, 1.82) is 0 Å². The first-order valence-corrected chi connectivity index (χ1v) is 7.62. The van der Waals surface area contributed by atoms with Crippen LogP contribution >= 0.6 is 15.9 Å². The molecule has 2 heterocycles. The second-order valence-electron chi connectivity index (χ2n) is 5.00. The van der Waals surface area contributed by atoms with Gasteiger partial charge in [0, 0.05) is 24.7 Å². The van der Waals surface area contributed by atoms with E-state index in [1.165, 1.54) is 6.20 Å². The lowest BCUT2D eigenvalue weighted by Gasteiger charge is -2.30. The molecule has 0 bridgehead atoms. The summed E-state index contributed by atoms with van der Waals surface area (Å²) in [5.74, 6) is 0.809. The molecule has 6 nitrogen and oxygen atoms in total. The molecule has 1 N–H and O–H groups in total. The van der Waals surface area contributed by atoms with Crippen LogP contribution in [0.25, 0.3) is 0 Å². The maximum atomic E-state index is 11.0. The Morgan fingerprint density at radius 2 is 2.40 bits per heavy atom. The molecule has 7 heteroatoms. The predicted octanol–water partition coefficient (Wildman–Crippen LogP) is 2.64. The summed E-state index contributed by atoms with van der Waals surface area (Å²) in [6.07, 6.45) is 3.45. The van der Waals surface area contributed by atoms with Gasteiger partial charge in [-0.15, -0.1) is 0 Å². The van der Waals surface area contributed by atoms with E-state index in [0.29, 0.717) is 11.6 Å². The van der Waals surface area contributed by atoms with Crippen molar-refractivity contribution in [2.45, 2.75) is 32.7 Å². The van der Waals surface area contributed by atoms with Gasteiger partial charge >= 0.3 is 0 Å². The third-order valence-corrected chi connectivity index (χ3v) is 4.58. The summed E-state index contributed by atoms with van der Waals surface area (Å²) >= 11 is 3.49. The zero-order chi connectivity index (χ0) is 14.7. The molecule has 1 atom stereocenters. The SMILES string of the molecule is CCCN(c1ncc([N+](=O)[O-])c(C)c1Br)C1CCNC1. The summed E-state index contributed by atoms with van der Waals surface area (Å²) in [6.45, 7) is 6.72. The fourth-order valence-electron chi connectivity index (χ4n) is 2.55. The van der Waals surface area contributed by atoms with Crippen LogP contribution in [0, 0.1) is 17.0 Å². The quantitative estimate of drug-likeness (QED) is 0.657. The summed E-state index contributed by atoms with van der Waals surface area (Å²) in [5, 5.41) is 14.3. The van der Waals surface area contributed by atoms with E-state index < -0.39 is 4.92 Å². The fraction of sp³-hybridized carbons (Fsp3) is 0.615. The molecule has 1 unspecified atom stereocenters. The number of hydrogen-bond donors (Lipinski definition) is 1. The lowest BCUT2D eigenvalue weighted by atomic mass is 10.2. The van der Waals surface area contributed by atoms with Crippen LogP contribution in [0.15, 0.2) is 10.7 Å². The number of rotatable bonds is 5. The summed E-state index contributed by atoms with van der Waals surface area (Å²) in [4.78, 5) is 17.2. The average Bonchev–Trinajstić information content (AvgIpc) is 2.93. The highest BCUT2D eigenvalue weighted by Gasteiger charge is 2.27. The van der Waals surface area contributed by atoms with Gasteiger partial charge in [-0.3, -0.25) is 10.1 Å². The van der Waals surface area contributed by atoms with Crippen LogP contribution in [0.2, 0.25) is 0 Å². The van der Waals surface area contributed by atoms with E-state index in [-0.39, 0.29) is 5.69 Å². The van der Waals surface area contributed by atoms with Crippen molar-refractivity contribution in [3.05, 3.63) is 26.3 Å². The van der Waals surface area contributed by atoms with Crippen molar-refractivity contribution in [2.24, 2.45) is 0 Å². The van der Waals surface area contributed by atoms with E-state index in [9.17, 15) is 10.1 Å². The maximum absolute atomic E-state index is 11.0. The molecule has 0 aliphatic carbocycles. The van der Waals surface area contributed by atoms with E-state index in [4.69, 9.17) is 0 Å². The van der Waals surface area contributed by atoms with Crippen molar-refractivity contribution in [1.82, 2.24) is 10.3 Å². The Balaban J connectivity index is 2.38. The first-order chi connectivity index (χ1) is 9.56. The second kappa shape index (κ2) is 6.49. The van der Waals surface area contributed by atoms with Crippen molar-refractivity contribution >= 4 is 27.4 Å². The molecular weight excluding hydrogens is 324 g/mol. The number of anilines is 1. The van der Waals surface area contributed by atoms with E-state index in [1.807, 2.05) is 0 Å². The van der Waals surface area contributed by atoms with Gasteiger partial charge in [0.1, 0.15) is 12.0 Å². The summed E-state index contributed by atoms with van der Waals surface area (Å²) in [6, 6.07) is 0.402. The highest BCUT2D eigenvalue weighted by molar-refractivity contribution is 9.10. The van der Waals surface area contributed by atoms with E-state index >= 15 is 0 Å². The third kappa shape index (κ3) is 2.93. The first-order valence-electron chi connectivity index (χ1n) is 6.83. The molecule has 110 valence electrons. The molecule has 1 aliphatic rings. The van der Waals surface area contributed by atoms with Crippen LogP contribution in [0.1, 0.15) is 25.3 Å². The summed E-state index contributed by atoms with van der Waals surface area (Å²) < 4.78 is 0.729. The Kier molecular flexibility index (Phi) is 4.93. The van der Waals surface area contributed by atoms with Gasteiger partial charge in [-0.2, -0.15) is 0 Å². The van der Waals surface area contributed by atoms with Gasteiger partial charge < -0.3 is 10.2 Å². The number of nitrogens with one attached hydrogen (secondary N) is 1. The van der Waals surface area contributed by atoms with E-state index in [1.54, 1.807) is 6.92 Å². The highest BCUT2D eigenvalue weighted by Crippen LogP contribution is 2.34. The molecule has 1 saturated heterocycles. The molecule has 0 radical (unpaired) electrons.